The fraction of sp³-hybridized carbons (Fsp3) is 0.350. The zero-order valence-electron chi connectivity index (χ0n) is 15.8. The number of hydrogen-bond acceptors (Lipinski definition) is 4. The average Bonchev–Trinajstić information content (AvgIpc) is 2.73. The minimum atomic E-state index is -0.613. The van der Waals surface area contributed by atoms with E-state index in [0.29, 0.717) is 24.7 Å². The van der Waals surface area contributed by atoms with Gasteiger partial charge in [-0.25, -0.2) is 4.79 Å². The third kappa shape index (κ3) is 5.36. The van der Waals surface area contributed by atoms with Gasteiger partial charge in [0.25, 0.3) is 0 Å². The molecular weight excluding hydrogens is 378 g/mol. The van der Waals surface area contributed by atoms with E-state index in [1.165, 1.54) is 0 Å². The van der Waals surface area contributed by atoms with E-state index in [9.17, 15) is 9.59 Å². The lowest BCUT2D eigenvalue weighted by molar-refractivity contribution is -0.122. The molecule has 0 aliphatic carbocycles. The number of carbonyl (C=O) groups excluding carboxylic acids is 2. The molecule has 3 rings (SSSR count). The Hall–Kier alpha value is -2.80. The third-order valence-electron chi connectivity index (χ3n) is 4.68. The zero-order valence-corrected chi connectivity index (χ0v) is 16.5. The Balaban J connectivity index is 1.43. The number of nitrogens with zero attached hydrogens (tertiary/aromatic N) is 3. The van der Waals surface area contributed by atoms with E-state index in [4.69, 9.17) is 11.6 Å². The molecule has 1 fully saturated rings. The van der Waals surface area contributed by atoms with Crippen molar-refractivity contribution in [2.24, 2.45) is 0 Å². The van der Waals surface area contributed by atoms with Crippen LogP contribution in [0.25, 0.3) is 0 Å². The van der Waals surface area contributed by atoms with Gasteiger partial charge in [-0.1, -0.05) is 17.7 Å². The van der Waals surface area contributed by atoms with Crippen LogP contribution in [0.2, 0.25) is 5.02 Å². The van der Waals surface area contributed by atoms with E-state index in [1.807, 2.05) is 36.4 Å². The molecule has 0 spiro atoms. The number of pyridine rings is 1. The topological polar surface area (TPSA) is 77.6 Å². The first kappa shape index (κ1) is 19.9. The highest BCUT2D eigenvalue weighted by atomic mass is 35.5. The van der Waals surface area contributed by atoms with Crippen molar-refractivity contribution in [1.82, 2.24) is 20.5 Å². The number of urea groups is 1. The second-order valence-corrected chi connectivity index (χ2v) is 7.14. The molecule has 3 amide bonds. The van der Waals surface area contributed by atoms with Crippen LogP contribution in [0.5, 0.6) is 0 Å². The molecule has 0 saturated carbocycles. The van der Waals surface area contributed by atoms with E-state index >= 15 is 0 Å². The van der Waals surface area contributed by atoms with E-state index < -0.39 is 6.04 Å². The summed E-state index contributed by atoms with van der Waals surface area (Å²) in [6, 6.07) is 10.6. The summed E-state index contributed by atoms with van der Waals surface area (Å²) < 4.78 is 0. The van der Waals surface area contributed by atoms with Crippen LogP contribution in [0.15, 0.2) is 48.8 Å². The highest BCUT2D eigenvalue weighted by Crippen LogP contribution is 2.19. The normalized spacial score (nSPS) is 15.1. The monoisotopic (exact) mass is 401 g/mol. The molecule has 1 aliphatic heterocycles. The summed E-state index contributed by atoms with van der Waals surface area (Å²) in [5.41, 5.74) is 2.00. The van der Waals surface area contributed by atoms with Crippen molar-refractivity contribution >= 4 is 29.2 Å². The van der Waals surface area contributed by atoms with Crippen molar-refractivity contribution in [2.45, 2.75) is 19.5 Å². The van der Waals surface area contributed by atoms with Crippen molar-refractivity contribution in [3.05, 3.63) is 59.4 Å². The summed E-state index contributed by atoms with van der Waals surface area (Å²) in [7, 11) is 0. The Morgan fingerprint density at radius 1 is 1.14 bits per heavy atom. The van der Waals surface area contributed by atoms with Gasteiger partial charge in [0.05, 0.1) is 0 Å². The number of aromatic nitrogens is 1. The van der Waals surface area contributed by atoms with E-state index in [-0.39, 0.29) is 11.9 Å². The van der Waals surface area contributed by atoms with Gasteiger partial charge in [-0.05, 0) is 42.8 Å². The minimum absolute atomic E-state index is 0.222. The number of anilines is 1. The Labute approximate surface area is 169 Å². The number of benzene rings is 1. The first-order chi connectivity index (χ1) is 13.5. The predicted octanol–water partition coefficient (Wildman–Crippen LogP) is 2.27. The quantitative estimate of drug-likeness (QED) is 0.805. The van der Waals surface area contributed by atoms with Gasteiger partial charge < -0.3 is 20.4 Å². The van der Waals surface area contributed by atoms with Gasteiger partial charge in [-0.2, -0.15) is 0 Å². The van der Waals surface area contributed by atoms with E-state index in [0.717, 1.165) is 24.3 Å². The van der Waals surface area contributed by atoms with Crippen LogP contribution < -0.4 is 15.5 Å². The van der Waals surface area contributed by atoms with Gasteiger partial charge >= 0.3 is 6.03 Å². The second-order valence-electron chi connectivity index (χ2n) is 6.70. The van der Waals surface area contributed by atoms with Crippen LogP contribution in [0, 0.1) is 0 Å². The maximum absolute atomic E-state index is 12.5. The number of halogens is 1. The molecule has 1 aromatic carbocycles. The molecule has 7 nitrogen and oxygen atoms in total. The largest absolute Gasteiger partial charge is 0.368 e. The molecule has 28 heavy (non-hydrogen) atoms. The van der Waals surface area contributed by atoms with Crippen LogP contribution in [0.1, 0.15) is 12.5 Å². The Morgan fingerprint density at radius 2 is 1.86 bits per heavy atom. The lowest BCUT2D eigenvalue weighted by atomic mass is 10.2. The highest BCUT2D eigenvalue weighted by molar-refractivity contribution is 6.30. The number of hydrogen-bond donors (Lipinski definition) is 2. The summed E-state index contributed by atoms with van der Waals surface area (Å²) in [6.07, 6.45) is 3.38. The fourth-order valence-corrected chi connectivity index (χ4v) is 3.13. The molecule has 8 heteroatoms. The molecular formula is C20H24ClN5O2. The van der Waals surface area contributed by atoms with Crippen LogP contribution in [0.4, 0.5) is 10.5 Å². The van der Waals surface area contributed by atoms with E-state index in [1.54, 1.807) is 24.2 Å². The van der Waals surface area contributed by atoms with Crippen LogP contribution in [-0.2, 0) is 11.3 Å². The standard InChI is InChI=1S/C20H24ClN5O2/c1-15(19(27)23-14-16-3-2-8-22-13-16)24-20(28)26-11-9-25(10-12-26)18-6-4-17(21)5-7-18/h2-8,13,15H,9-12,14H2,1H3,(H,23,27)(H,24,28)/t15-/m0/s1. The van der Waals surface area contributed by atoms with Gasteiger partial charge in [0.15, 0.2) is 0 Å². The van der Waals surface area contributed by atoms with Gasteiger partial charge in [0, 0.05) is 55.8 Å². The number of piperazine rings is 1. The summed E-state index contributed by atoms with van der Waals surface area (Å²) in [6.45, 7) is 4.72. The Morgan fingerprint density at radius 3 is 2.50 bits per heavy atom. The maximum Gasteiger partial charge on any atom is 0.318 e. The molecule has 1 saturated heterocycles. The zero-order chi connectivity index (χ0) is 19.9. The summed E-state index contributed by atoms with van der Waals surface area (Å²) >= 11 is 5.93. The molecule has 0 radical (unpaired) electrons. The second kappa shape index (κ2) is 9.41. The lowest BCUT2D eigenvalue weighted by Gasteiger charge is -2.36. The van der Waals surface area contributed by atoms with Gasteiger partial charge in [0.1, 0.15) is 6.04 Å². The summed E-state index contributed by atoms with van der Waals surface area (Å²) in [5.74, 6) is -0.225. The molecule has 1 atom stereocenters. The molecule has 0 bridgehead atoms. The molecule has 148 valence electrons. The lowest BCUT2D eigenvalue weighted by Crippen LogP contribution is -2.55. The van der Waals surface area contributed by atoms with Crippen molar-refractivity contribution in [3.63, 3.8) is 0 Å². The molecule has 2 heterocycles. The van der Waals surface area contributed by atoms with Crippen molar-refractivity contribution in [3.8, 4) is 0 Å². The van der Waals surface area contributed by atoms with Crippen LogP contribution in [0.3, 0.4) is 0 Å². The summed E-state index contributed by atoms with van der Waals surface area (Å²) in [5, 5.41) is 6.29. The van der Waals surface area contributed by atoms with Crippen LogP contribution in [-0.4, -0.2) is 54.0 Å². The van der Waals surface area contributed by atoms with Crippen molar-refractivity contribution in [2.75, 3.05) is 31.1 Å². The Kier molecular flexibility index (Phi) is 6.71. The molecule has 2 N–H and O–H groups in total. The molecule has 0 unspecified atom stereocenters. The number of carbonyl (C=O) groups is 2. The molecule has 1 aliphatic rings. The van der Waals surface area contributed by atoms with Crippen molar-refractivity contribution in [1.29, 1.82) is 0 Å². The Bertz CT molecular complexity index is 792. The van der Waals surface area contributed by atoms with Gasteiger partial charge in [-0.3, -0.25) is 9.78 Å². The smallest absolute Gasteiger partial charge is 0.318 e. The maximum atomic E-state index is 12.5. The fourth-order valence-electron chi connectivity index (χ4n) is 3.01. The van der Waals surface area contributed by atoms with Crippen LogP contribution >= 0.6 is 11.6 Å². The highest BCUT2D eigenvalue weighted by Gasteiger charge is 2.24. The van der Waals surface area contributed by atoms with Crippen molar-refractivity contribution < 1.29 is 9.59 Å². The van der Waals surface area contributed by atoms with Gasteiger partial charge in [0.2, 0.25) is 5.91 Å². The number of amides is 3. The first-order valence-corrected chi connectivity index (χ1v) is 9.63. The number of nitrogens with one attached hydrogen (secondary N) is 2. The average molecular weight is 402 g/mol. The third-order valence-corrected chi connectivity index (χ3v) is 4.93. The first-order valence-electron chi connectivity index (χ1n) is 9.25. The number of rotatable bonds is 5. The molecule has 1 aromatic heterocycles. The minimum Gasteiger partial charge on any atom is -0.368 e. The molecule has 2 aromatic rings. The SMILES string of the molecule is C[C@H](NC(=O)N1CCN(c2ccc(Cl)cc2)CC1)C(=O)NCc1cccnc1. The summed E-state index contributed by atoms with van der Waals surface area (Å²) in [4.78, 5) is 32.6. The predicted molar refractivity (Wildman–Crippen MR) is 109 cm³/mol. The van der Waals surface area contributed by atoms with Gasteiger partial charge in [-0.15, -0.1) is 0 Å². The van der Waals surface area contributed by atoms with E-state index in [2.05, 4.69) is 20.5 Å².